The van der Waals surface area contributed by atoms with Gasteiger partial charge in [-0.1, -0.05) is 0 Å². The van der Waals surface area contributed by atoms with Gasteiger partial charge in [0.15, 0.2) is 0 Å². The average Bonchev–Trinajstić information content (AvgIpc) is 3.39. The fraction of sp³-hybridized carbons (Fsp3) is 0.333. The first kappa shape index (κ1) is 31.8. The van der Waals surface area contributed by atoms with Gasteiger partial charge in [0.2, 0.25) is 0 Å². The van der Waals surface area contributed by atoms with Gasteiger partial charge in [0, 0.05) is 0 Å². The van der Waals surface area contributed by atoms with Gasteiger partial charge in [-0.3, -0.25) is 0 Å². The van der Waals surface area contributed by atoms with E-state index in [9.17, 15) is 35.9 Å². The van der Waals surface area contributed by atoms with Crippen molar-refractivity contribution in [3.63, 3.8) is 0 Å². The predicted octanol–water partition coefficient (Wildman–Crippen LogP) is 8.87. The first-order chi connectivity index (χ1) is 19.0. The molecule has 0 aromatic heterocycles. The zero-order chi connectivity index (χ0) is 30.4. The van der Waals surface area contributed by atoms with Crippen molar-refractivity contribution in [2.45, 2.75) is 61.7 Å². The summed E-state index contributed by atoms with van der Waals surface area (Å²) in [4.78, 5) is 27.0. The third kappa shape index (κ3) is 6.91. The van der Waals surface area contributed by atoms with Crippen molar-refractivity contribution in [3.05, 3.63) is 69.7 Å². The third-order valence-corrected chi connectivity index (χ3v) is 12.2. The number of allylic oxidation sites excluding steroid dienone is 2. The van der Waals surface area contributed by atoms with E-state index in [1.165, 1.54) is 5.01 Å². The van der Waals surface area contributed by atoms with Gasteiger partial charge in [-0.05, 0) is 0 Å². The summed E-state index contributed by atoms with van der Waals surface area (Å²) in [6.07, 6.45) is -9.07. The molecule has 2 aliphatic rings. The number of anilines is 2. The Morgan fingerprint density at radius 1 is 0.780 bits per heavy atom. The molecule has 0 aliphatic carbocycles. The number of carbonyl (C=O) groups is 2. The van der Waals surface area contributed by atoms with E-state index in [1.807, 2.05) is 52.0 Å². The summed E-state index contributed by atoms with van der Waals surface area (Å²) < 4.78 is 84.1. The summed E-state index contributed by atoms with van der Waals surface area (Å²) in [5, 5.41) is 1.46. The number of carbonyl (C=O) groups excluding carboxylic acids is 2. The first-order valence-corrected chi connectivity index (χ1v) is 18.1. The van der Waals surface area contributed by atoms with Gasteiger partial charge in [0.25, 0.3) is 0 Å². The van der Waals surface area contributed by atoms with E-state index in [2.05, 4.69) is 3.64 Å². The van der Waals surface area contributed by atoms with Crippen LogP contribution in [0.4, 0.5) is 37.7 Å². The Hall–Kier alpha value is -2.17. The quantitative estimate of drug-likeness (QED) is 0.101. The van der Waals surface area contributed by atoms with Gasteiger partial charge in [-0.25, -0.2) is 0 Å². The van der Waals surface area contributed by atoms with E-state index < -0.39 is 44.3 Å². The van der Waals surface area contributed by atoms with Crippen molar-refractivity contribution >= 4 is 66.8 Å². The van der Waals surface area contributed by atoms with Crippen molar-refractivity contribution in [3.8, 4) is 0 Å². The Morgan fingerprint density at radius 3 is 1.71 bits per heavy atom. The number of fused-ring (bicyclic) bond motifs is 2. The monoisotopic (exact) mass is 729 g/mol. The van der Waals surface area contributed by atoms with Crippen LogP contribution >= 0.6 is 43.9 Å². The van der Waals surface area contributed by atoms with Crippen LogP contribution in [0.25, 0.3) is 0 Å². The molecule has 222 valence electrons. The second kappa shape index (κ2) is 11.8. The van der Waals surface area contributed by atoms with Gasteiger partial charge in [0.1, 0.15) is 0 Å². The van der Waals surface area contributed by atoms with Crippen molar-refractivity contribution in [2.24, 2.45) is 0 Å². The van der Waals surface area contributed by atoms with Crippen LogP contribution in [0.15, 0.2) is 68.4 Å². The molecule has 0 spiro atoms. The SMILES string of the molecule is CC(C)c1ccc2c(c1)S/C(=C/C(=O)C(F)(F)F)N2NI(C)N1/C(=C\C(=O)C(F)(F)F)Sc2cc(C(C)C)ccc21. The number of rotatable bonds is 7. The van der Waals surface area contributed by atoms with Crippen molar-refractivity contribution in [2.75, 3.05) is 13.1 Å². The van der Waals surface area contributed by atoms with Crippen molar-refractivity contribution in [1.82, 2.24) is 3.64 Å². The topological polar surface area (TPSA) is 52.7 Å². The Labute approximate surface area is 249 Å². The molecule has 4 rings (SSSR count). The molecule has 0 amide bonds. The molecule has 2 aromatic rings. The summed E-state index contributed by atoms with van der Waals surface area (Å²) >= 11 is -0.810. The Morgan fingerprint density at radius 2 is 1.22 bits per heavy atom. The molecule has 2 heterocycles. The molecular formula is C27H26F6IN3O2S2. The standard InChI is InChI=1S/C27H26F6IN3O2S2/c1-14(2)16-6-8-18-20(10-16)40-24(12-22(38)26(28,29)30)36(18)34(5)35-37-19-9-7-17(15(3)4)11-21(19)41-25(37)13-23(39)27(31,32)33/h6-15,35H,1-5H3/b24-12+,25-13+. The molecule has 0 saturated heterocycles. The Bertz CT molecular complexity index is 1440. The molecule has 0 bridgehead atoms. The van der Waals surface area contributed by atoms with Gasteiger partial charge in [0.05, 0.1) is 0 Å². The van der Waals surface area contributed by atoms with Crippen LogP contribution in [-0.2, 0) is 9.59 Å². The molecule has 5 nitrogen and oxygen atoms in total. The zero-order valence-corrected chi connectivity index (χ0v) is 26.2. The van der Waals surface area contributed by atoms with Crippen LogP contribution in [0.2, 0.25) is 0 Å². The minimum absolute atomic E-state index is 0.00786. The van der Waals surface area contributed by atoms with E-state index in [-0.39, 0.29) is 21.9 Å². The van der Waals surface area contributed by atoms with E-state index in [4.69, 9.17) is 0 Å². The number of nitrogens with zero attached hydrogens (tertiary/aromatic N) is 2. The predicted molar refractivity (Wildman–Crippen MR) is 159 cm³/mol. The van der Waals surface area contributed by atoms with E-state index in [1.54, 1.807) is 20.2 Å². The molecule has 41 heavy (non-hydrogen) atoms. The number of thioether (sulfide) groups is 2. The fourth-order valence-electron chi connectivity index (χ4n) is 3.92. The number of hydrazine groups is 1. The molecule has 0 unspecified atom stereocenters. The number of hydrogen-bond acceptors (Lipinski definition) is 7. The molecule has 0 fully saturated rings. The molecule has 0 atom stereocenters. The van der Waals surface area contributed by atoms with E-state index >= 15 is 0 Å². The third-order valence-electron chi connectivity index (χ3n) is 6.12. The molecule has 14 heteroatoms. The fourth-order valence-corrected chi connectivity index (χ4v) is 10.8. The summed E-state index contributed by atoms with van der Waals surface area (Å²) in [5.74, 6) is -3.73. The Kier molecular flexibility index (Phi) is 9.17. The normalized spacial score (nSPS) is 17.6. The zero-order valence-electron chi connectivity index (χ0n) is 22.4. The maximum absolute atomic E-state index is 13.2. The molecule has 2 aliphatic heterocycles. The van der Waals surface area contributed by atoms with E-state index in [0.29, 0.717) is 33.3 Å². The minimum atomic E-state index is -5.08. The molecule has 1 N–H and O–H groups in total. The number of ketones is 2. The van der Waals surface area contributed by atoms with Crippen molar-refractivity contribution in [1.29, 1.82) is 0 Å². The van der Waals surface area contributed by atoms with Gasteiger partial charge >= 0.3 is 251 Å². The van der Waals surface area contributed by atoms with E-state index in [0.717, 1.165) is 34.7 Å². The molecular weight excluding hydrogens is 703 g/mol. The first-order valence-electron chi connectivity index (χ1n) is 12.2. The summed E-state index contributed by atoms with van der Waals surface area (Å²) in [7, 11) is 0. The second-order valence-corrected chi connectivity index (χ2v) is 15.9. The van der Waals surface area contributed by atoms with Gasteiger partial charge in [-0.15, -0.1) is 0 Å². The number of benzene rings is 2. The van der Waals surface area contributed by atoms with Crippen LogP contribution in [0.5, 0.6) is 0 Å². The number of nitrogens with one attached hydrogen (secondary N) is 1. The van der Waals surface area contributed by atoms with Crippen LogP contribution in [0.1, 0.15) is 50.7 Å². The molecule has 0 saturated carbocycles. The van der Waals surface area contributed by atoms with Crippen LogP contribution in [0.3, 0.4) is 0 Å². The maximum atomic E-state index is 13.2. The summed E-state index contributed by atoms with van der Waals surface area (Å²) in [5.41, 5.74) is 3.03. The number of alkyl halides is 7. The second-order valence-electron chi connectivity index (χ2n) is 9.80. The number of halogens is 7. The van der Waals surface area contributed by atoms with Crippen LogP contribution in [0, 0.1) is 0 Å². The summed E-state index contributed by atoms with van der Waals surface area (Å²) in [6.45, 7) is 7.90. The molecule has 2 aromatic carbocycles. The summed E-state index contributed by atoms with van der Waals surface area (Å²) in [6, 6.07) is 10.9. The van der Waals surface area contributed by atoms with Crippen molar-refractivity contribution < 1.29 is 35.9 Å². The Balaban J connectivity index is 1.76. The number of hydrogen-bond donors (Lipinski definition) is 1. The van der Waals surface area contributed by atoms with Crippen LogP contribution < -0.4 is 11.8 Å². The van der Waals surface area contributed by atoms with Gasteiger partial charge < -0.3 is 0 Å². The molecule has 0 radical (unpaired) electrons. The van der Waals surface area contributed by atoms with Gasteiger partial charge in [-0.2, -0.15) is 0 Å². The average molecular weight is 730 g/mol. The van der Waals surface area contributed by atoms with Crippen LogP contribution in [-0.4, -0.2) is 28.8 Å².